The number of hydrogen-bond donors (Lipinski definition) is 1. The van der Waals surface area contributed by atoms with E-state index in [0.717, 1.165) is 19.3 Å². The van der Waals surface area contributed by atoms with Gasteiger partial charge >= 0.3 is 0 Å². The van der Waals surface area contributed by atoms with Crippen LogP contribution in [0.15, 0.2) is 48.5 Å². The molecule has 2 bridgehead atoms. The third-order valence-electron chi connectivity index (χ3n) is 6.70. The molecule has 2 aromatic carbocycles. The fourth-order valence-corrected chi connectivity index (χ4v) is 5.41. The van der Waals surface area contributed by atoms with E-state index < -0.39 is 11.9 Å². The van der Waals surface area contributed by atoms with Gasteiger partial charge in [0.15, 0.2) is 0 Å². The fraction of sp³-hybridized carbons (Fsp3) is 0.304. The highest BCUT2D eigenvalue weighted by Gasteiger charge is 2.61. The number of amides is 3. The maximum Gasteiger partial charge on any atom is 0.256 e. The van der Waals surface area contributed by atoms with Crippen molar-refractivity contribution in [2.24, 2.45) is 23.7 Å². The minimum Gasteiger partial charge on any atom is -0.545 e. The summed E-state index contributed by atoms with van der Waals surface area (Å²) in [5.74, 6) is -1.96. The van der Waals surface area contributed by atoms with Crippen molar-refractivity contribution in [3.63, 3.8) is 0 Å². The van der Waals surface area contributed by atoms with Gasteiger partial charge in [0.1, 0.15) is 0 Å². The van der Waals surface area contributed by atoms with Crippen molar-refractivity contribution in [2.45, 2.75) is 19.3 Å². The maximum atomic E-state index is 12.9. The SMILES string of the molecule is O=C([O-])c1ccccc1C(=O)Nc1ccc(N2C(=O)[C@@H]3[C@@H]4CC[C@H](C4)[C@@H]3C2=O)cc1. The Kier molecular flexibility index (Phi) is 4.20. The van der Waals surface area contributed by atoms with Gasteiger partial charge in [-0.1, -0.05) is 18.2 Å². The average molecular weight is 403 g/mol. The number of nitrogens with zero attached hydrogens (tertiary/aromatic N) is 1. The molecule has 1 saturated heterocycles. The minimum absolute atomic E-state index is 0.00484. The Balaban J connectivity index is 1.34. The van der Waals surface area contributed by atoms with Crippen LogP contribution in [0.1, 0.15) is 40.0 Å². The second kappa shape index (κ2) is 6.79. The molecule has 4 atom stereocenters. The molecule has 1 aliphatic heterocycles. The lowest BCUT2D eigenvalue weighted by molar-refractivity contribution is -0.255. The molecule has 152 valence electrons. The lowest BCUT2D eigenvalue weighted by atomic mass is 9.81. The first-order valence-electron chi connectivity index (χ1n) is 10.1. The fourth-order valence-electron chi connectivity index (χ4n) is 5.41. The third-order valence-corrected chi connectivity index (χ3v) is 6.70. The number of carbonyl (C=O) groups excluding carboxylic acids is 4. The number of carboxylic acid groups (broad SMARTS) is 1. The summed E-state index contributed by atoms with van der Waals surface area (Å²) < 4.78 is 0. The number of aromatic carboxylic acids is 1. The van der Waals surface area contributed by atoms with Crippen LogP contribution in [0.25, 0.3) is 0 Å². The Labute approximate surface area is 172 Å². The van der Waals surface area contributed by atoms with Gasteiger partial charge in [0.2, 0.25) is 11.8 Å². The molecule has 5 rings (SSSR count). The summed E-state index contributed by atoms with van der Waals surface area (Å²) in [5, 5.41) is 13.8. The van der Waals surface area contributed by atoms with E-state index in [4.69, 9.17) is 0 Å². The molecule has 30 heavy (non-hydrogen) atoms. The van der Waals surface area contributed by atoms with Crippen molar-refractivity contribution in [3.05, 3.63) is 59.7 Å². The van der Waals surface area contributed by atoms with Gasteiger partial charge in [-0.3, -0.25) is 19.3 Å². The van der Waals surface area contributed by atoms with Gasteiger partial charge in [-0.05, 0) is 61.4 Å². The zero-order valence-corrected chi connectivity index (χ0v) is 16.0. The van der Waals surface area contributed by atoms with Gasteiger partial charge in [0, 0.05) is 16.8 Å². The number of hydrogen-bond acceptors (Lipinski definition) is 5. The van der Waals surface area contributed by atoms with Crippen molar-refractivity contribution in [1.82, 2.24) is 0 Å². The van der Waals surface area contributed by atoms with Crippen LogP contribution in [0.2, 0.25) is 0 Å². The van der Waals surface area contributed by atoms with Gasteiger partial charge in [-0.2, -0.15) is 0 Å². The van der Waals surface area contributed by atoms with Crippen LogP contribution in [-0.2, 0) is 9.59 Å². The Hall–Kier alpha value is -3.48. The summed E-state index contributed by atoms with van der Waals surface area (Å²) in [4.78, 5) is 50.8. The maximum absolute atomic E-state index is 12.9. The predicted molar refractivity (Wildman–Crippen MR) is 105 cm³/mol. The van der Waals surface area contributed by atoms with E-state index >= 15 is 0 Å². The van der Waals surface area contributed by atoms with Crippen molar-refractivity contribution < 1.29 is 24.3 Å². The molecular weight excluding hydrogens is 384 g/mol. The van der Waals surface area contributed by atoms with Crippen LogP contribution in [0.5, 0.6) is 0 Å². The molecular formula is C23H19N2O5-. The number of imide groups is 1. The number of rotatable bonds is 4. The molecule has 0 unspecified atom stereocenters. The summed E-state index contributed by atoms with van der Waals surface area (Å²) in [6, 6.07) is 12.2. The summed E-state index contributed by atoms with van der Waals surface area (Å²) >= 11 is 0. The Morgan fingerprint density at radius 1 is 0.867 bits per heavy atom. The number of nitrogens with one attached hydrogen (secondary N) is 1. The largest absolute Gasteiger partial charge is 0.545 e. The minimum atomic E-state index is -1.43. The summed E-state index contributed by atoms with van der Waals surface area (Å²) in [6.45, 7) is 0. The van der Waals surface area contributed by atoms with E-state index in [1.807, 2.05) is 0 Å². The number of benzene rings is 2. The molecule has 0 spiro atoms. The lowest BCUT2D eigenvalue weighted by Gasteiger charge is -2.19. The van der Waals surface area contributed by atoms with Gasteiger partial charge < -0.3 is 15.2 Å². The number of carboxylic acids is 1. The van der Waals surface area contributed by atoms with Gasteiger partial charge in [0.25, 0.3) is 5.91 Å². The van der Waals surface area contributed by atoms with Crippen LogP contribution < -0.4 is 15.3 Å². The Bertz CT molecular complexity index is 1050. The predicted octanol–water partition coefficient (Wildman–Crippen LogP) is 1.84. The van der Waals surface area contributed by atoms with E-state index in [2.05, 4.69) is 5.32 Å². The number of anilines is 2. The monoisotopic (exact) mass is 403 g/mol. The highest BCUT2D eigenvalue weighted by atomic mass is 16.4. The van der Waals surface area contributed by atoms with E-state index in [1.165, 1.54) is 23.1 Å². The van der Waals surface area contributed by atoms with Crippen molar-refractivity contribution in [1.29, 1.82) is 0 Å². The molecule has 0 aromatic heterocycles. The first kappa shape index (κ1) is 18.5. The Morgan fingerprint density at radius 3 is 2.00 bits per heavy atom. The summed E-state index contributed by atoms with van der Waals surface area (Å²) in [6.07, 6.45) is 3.03. The lowest BCUT2D eigenvalue weighted by Crippen LogP contribution is -2.32. The van der Waals surface area contributed by atoms with Crippen LogP contribution in [0.3, 0.4) is 0 Å². The standard InChI is InChI=1S/C23H20N2O5/c26-20(16-3-1-2-4-17(16)23(29)30)24-14-7-9-15(10-8-14)25-21(27)18-12-5-6-13(11-12)19(18)22(25)28/h1-4,7-10,12-13,18-19H,5-6,11H2,(H,24,26)(H,29,30)/p-1/t12-,13-,18-,19+/m1/s1. The zero-order valence-electron chi connectivity index (χ0n) is 16.0. The van der Waals surface area contributed by atoms with E-state index in [-0.39, 0.29) is 34.8 Å². The summed E-state index contributed by atoms with van der Waals surface area (Å²) in [7, 11) is 0. The normalized spacial score (nSPS) is 26.7. The van der Waals surface area contributed by atoms with E-state index in [1.54, 1.807) is 30.3 Å². The molecule has 3 fully saturated rings. The van der Waals surface area contributed by atoms with E-state index in [0.29, 0.717) is 23.2 Å². The van der Waals surface area contributed by atoms with Crippen LogP contribution in [0, 0.1) is 23.7 Å². The van der Waals surface area contributed by atoms with Crippen molar-refractivity contribution in [3.8, 4) is 0 Å². The van der Waals surface area contributed by atoms with Gasteiger partial charge in [-0.15, -0.1) is 0 Å². The molecule has 1 heterocycles. The van der Waals surface area contributed by atoms with Crippen LogP contribution in [0.4, 0.5) is 11.4 Å². The van der Waals surface area contributed by atoms with Crippen LogP contribution in [-0.4, -0.2) is 23.7 Å². The van der Waals surface area contributed by atoms with E-state index in [9.17, 15) is 24.3 Å². The quantitative estimate of drug-likeness (QED) is 0.784. The molecule has 2 aromatic rings. The smallest absolute Gasteiger partial charge is 0.256 e. The zero-order chi connectivity index (χ0) is 21.0. The first-order chi connectivity index (χ1) is 14.5. The van der Waals surface area contributed by atoms with Gasteiger partial charge in [0.05, 0.1) is 23.5 Å². The highest BCUT2D eigenvalue weighted by Crippen LogP contribution is 2.56. The molecule has 7 nitrogen and oxygen atoms in total. The van der Waals surface area contributed by atoms with Crippen molar-refractivity contribution in [2.75, 3.05) is 10.2 Å². The van der Waals surface area contributed by atoms with Crippen molar-refractivity contribution >= 4 is 35.1 Å². The third kappa shape index (κ3) is 2.73. The molecule has 3 amide bonds. The topological polar surface area (TPSA) is 107 Å². The first-order valence-corrected chi connectivity index (χ1v) is 10.1. The second-order valence-electron chi connectivity index (χ2n) is 8.23. The average Bonchev–Trinajstić information content (AvgIpc) is 3.42. The summed E-state index contributed by atoms with van der Waals surface area (Å²) in [5.41, 5.74) is 0.721. The molecule has 2 saturated carbocycles. The van der Waals surface area contributed by atoms with Gasteiger partial charge in [-0.25, -0.2) is 0 Å². The highest BCUT2D eigenvalue weighted by molar-refractivity contribution is 6.22. The molecule has 7 heteroatoms. The molecule has 1 N–H and O–H groups in total. The molecule has 0 radical (unpaired) electrons. The second-order valence-corrected chi connectivity index (χ2v) is 8.23. The molecule has 3 aliphatic rings. The number of fused-ring (bicyclic) bond motifs is 5. The van der Waals surface area contributed by atoms with Crippen LogP contribution >= 0.6 is 0 Å². The number of carbonyl (C=O) groups is 4. The Morgan fingerprint density at radius 2 is 1.43 bits per heavy atom. The molecule has 2 aliphatic carbocycles.